The zero-order valence-corrected chi connectivity index (χ0v) is 9.07. The number of hydrogen-bond acceptors (Lipinski definition) is 1. The Hall–Kier alpha value is -1.29. The number of carbonyl (C=O) groups is 1. The minimum Gasteiger partial charge on any atom is -0.338 e. The number of halogens is 2. The highest BCUT2D eigenvalue weighted by Gasteiger charge is 2.05. The fraction of sp³-hybridized carbons (Fsp3) is 0.300. The third-order valence-corrected chi connectivity index (χ3v) is 1.95. The number of benzene rings is 1. The molecule has 0 saturated carbocycles. The van der Waals surface area contributed by atoms with Crippen LogP contribution in [0.25, 0.3) is 0 Å². The van der Waals surface area contributed by atoms with Gasteiger partial charge in [0.25, 0.3) is 0 Å². The predicted molar refractivity (Wildman–Crippen MR) is 58.7 cm³/mol. The first-order valence-corrected chi connectivity index (χ1v) is 5.01. The lowest BCUT2D eigenvalue weighted by Gasteiger charge is -2.07. The number of urea groups is 1. The van der Waals surface area contributed by atoms with E-state index in [-0.39, 0.29) is 5.69 Å². The van der Waals surface area contributed by atoms with Crippen LogP contribution in [0.4, 0.5) is 14.9 Å². The van der Waals surface area contributed by atoms with E-state index in [1.54, 1.807) is 0 Å². The Morgan fingerprint density at radius 2 is 2.27 bits per heavy atom. The van der Waals surface area contributed by atoms with Crippen molar-refractivity contribution in [2.24, 2.45) is 0 Å². The van der Waals surface area contributed by atoms with Crippen LogP contribution in [0.1, 0.15) is 13.3 Å². The van der Waals surface area contributed by atoms with Crippen LogP contribution in [-0.2, 0) is 0 Å². The van der Waals surface area contributed by atoms with E-state index in [2.05, 4.69) is 10.6 Å². The molecule has 3 nitrogen and oxygen atoms in total. The van der Waals surface area contributed by atoms with Crippen LogP contribution >= 0.6 is 11.6 Å². The van der Waals surface area contributed by atoms with Gasteiger partial charge in [-0.15, -0.1) is 0 Å². The van der Waals surface area contributed by atoms with Gasteiger partial charge in [-0.2, -0.15) is 0 Å². The maximum atomic E-state index is 13.2. The molecule has 0 radical (unpaired) electrons. The lowest BCUT2D eigenvalue weighted by atomic mass is 10.3. The molecule has 82 valence electrons. The molecule has 2 amide bonds. The van der Waals surface area contributed by atoms with Crippen LogP contribution in [0.2, 0.25) is 5.02 Å². The first kappa shape index (κ1) is 11.8. The monoisotopic (exact) mass is 230 g/mol. The average molecular weight is 231 g/mol. The molecule has 0 unspecified atom stereocenters. The lowest BCUT2D eigenvalue weighted by molar-refractivity contribution is 0.252. The summed E-state index contributed by atoms with van der Waals surface area (Å²) in [5.41, 5.74) is 0.119. The molecule has 0 saturated heterocycles. The zero-order valence-electron chi connectivity index (χ0n) is 8.31. The molecule has 0 atom stereocenters. The smallest absolute Gasteiger partial charge is 0.319 e. The number of carbonyl (C=O) groups excluding carboxylic acids is 1. The van der Waals surface area contributed by atoms with Crippen molar-refractivity contribution in [2.45, 2.75) is 13.3 Å². The van der Waals surface area contributed by atoms with Gasteiger partial charge < -0.3 is 10.6 Å². The molecule has 0 aliphatic heterocycles. The van der Waals surface area contributed by atoms with Crippen LogP contribution in [0.5, 0.6) is 0 Å². The Labute approximate surface area is 92.6 Å². The SMILES string of the molecule is CCCNC(=O)Nc1ccc(Cl)cc1F. The Kier molecular flexibility index (Phi) is 4.37. The predicted octanol–water partition coefficient (Wildman–Crippen LogP) is 3.01. The van der Waals surface area contributed by atoms with Gasteiger partial charge in [0, 0.05) is 11.6 Å². The summed E-state index contributed by atoms with van der Waals surface area (Å²) in [5, 5.41) is 5.26. The van der Waals surface area contributed by atoms with E-state index in [9.17, 15) is 9.18 Å². The number of hydrogen-bond donors (Lipinski definition) is 2. The summed E-state index contributed by atoms with van der Waals surface area (Å²) in [7, 11) is 0. The van der Waals surface area contributed by atoms with Gasteiger partial charge in [0.2, 0.25) is 0 Å². The van der Waals surface area contributed by atoms with E-state index >= 15 is 0 Å². The Balaban J connectivity index is 2.60. The van der Waals surface area contributed by atoms with E-state index < -0.39 is 11.8 Å². The summed E-state index contributed by atoms with van der Waals surface area (Å²) in [5.74, 6) is -0.547. The highest BCUT2D eigenvalue weighted by Crippen LogP contribution is 2.18. The molecule has 0 aliphatic carbocycles. The molecule has 0 aliphatic rings. The number of rotatable bonds is 3. The average Bonchev–Trinajstić information content (AvgIpc) is 2.19. The highest BCUT2D eigenvalue weighted by atomic mass is 35.5. The number of nitrogens with one attached hydrogen (secondary N) is 2. The molecule has 15 heavy (non-hydrogen) atoms. The van der Waals surface area contributed by atoms with Crippen molar-refractivity contribution in [3.05, 3.63) is 29.0 Å². The highest BCUT2D eigenvalue weighted by molar-refractivity contribution is 6.30. The van der Waals surface area contributed by atoms with Crippen molar-refractivity contribution in [3.63, 3.8) is 0 Å². The van der Waals surface area contributed by atoms with Gasteiger partial charge in [-0.05, 0) is 24.6 Å². The van der Waals surface area contributed by atoms with Gasteiger partial charge in [-0.25, -0.2) is 9.18 Å². The van der Waals surface area contributed by atoms with Crippen LogP contribution in [0.3, 0.4) is 0 Å². The summed E-state index contributed by atoms with van der Waals surface area (Å²) in [6.07, 6.45) is 0.830. The standard InChI is InChI=1S/C10H12ClFN2O/c1-2-5-13-10(15)14-9-4-3-7(11)6-8(9)12/h3-4,6H,2,5H2,1H3,(H2,13,14,15). The van der Waals surface area contributed by atoms with Crippen molar-refractivity contribution in [1.29, 1.82) is 0 Å². The van der Waals surface area contributed by atoms with Gasteiger partial charge in [0.1, 0.15) is 5.82 Å². The first-order chi connectivity index (χ1) is 7.13. The maximum absolute atomic E-state index is 13.2. The summed E-state index contributed by atoms with van der Waals surface area (Å²) >= 11 is 5.57. The quantitative estimate of drug-likeness (QED) is 0.824. The van der Waals surface area contributed by atoms with Gasteiger partial charge in [-0.3, -0.25) is 0 Å². The lowest BCUT2D eigenvalue weighted by Crippen LogP contribution is -2.29. The fourth-order valence-corrected chi connectivity index (χ4v) is 1.15. The van der Waals surface area contributed by atoms with Gasteiger partial charge in [-0.1, -0.05) is 18.5 Å². The van der Waals surface area contributed by atoms with E-state index in [1.807, 2.05) is 6.92 Å². The van der Waals surface area contributed by atoms with Crippen molar-refractivity contribution < 1.29 is 9.18 Å². The number of amides is 2. The van der Waals surface area contributed by atoms with Crippen LogP contribution in [0.15, 0.2) is 18.2 Å². The molecule has 2 N–H and O–H groups in total. The molecule has 1 aromatic rings. The van der Waals surface area contributed by atoms with E-state index in [1.165, 1.54) is 12.1 Å². The summed E-state index contributed by atoms with van der Waals surface area (Å²) in [6, 6.07) is 3.67. The van der Waals surface area contributed by atoms with Crippen LogP contribution < -0.4 is 10.6 Å². The largest absolute Gasteiger partial charge is 0.338 e. The third kappa shape index (κ3) is 3.75. The zero-order chi connectivity index (χ0) is 11.3. The van der Waals surface area contributed by atoms with Crippen molar-refractivity contribution in [1.82, 2.24) is 5.32 Å². The van der Waals surface area contributed by atoms with Gasteiger partial charge in [0.05, 0.1) is 5.69 Å². The van der Waals surface area contributed by atoms with E-state index in [4.69, 9.17) is 11.6 Å². The third-order valence-electron chi connectivity index (χ3n) is 1.71. The molecular formula is C10H12ClFN2O. The molecule has 1 aromatic carbocycles. The van der Waals surface area contributed by atoms with Gasteiger partial charge in [0.15, 0.2) is 0 Å². The Morgan fingerprint density at radius 1 is 1.53 bits per heavy atom. The summed E-state index contributed by atoms with van der Waals surface area (Å²) < 4.78 is 13.2. The van der Waals surface area contributed by atoms with Crippen LogP contribution in [-0.4, -0.2) is 12.6 Å². The van der Waals surface area contributed by atoms with Crippen molar-refractivity contribution in [2.75, 3.05) is 11.9 Å². The van der Waals surface area contributed by atoms with E-state index in [0.717, 1.165) is 12.5 Å². The second-order valence-corrected chi connectivity index (χ2v) is 3.44. The van der Waals surface area contributed by atoms with Crippen molar-refractivity contribution in [3.8, 4) is 0 Å². The summed E-state index contributed by atoms with van der Waals surface area (Å²) in [6.45, 7) is 2.49. The van der Waals surface area contributed by atoms with E-state index in [0.29, 0.717) is 11.6 Å². The van der Waals surface area contributed by atoms with Crippen LogP contribution in [0, 0.1) is 5.82 Å². The minimum atomic E-state index is -0.547. The Morgan fingerprint density at radius 3 is 2.87 bits per heavy atom. The Bertz CT molecular complexity index is 357. The summed E-state index contributed by atoms with van der Waals surface area (Å²) in [4.78, 5) is 11.2. The first-order valence-electron chi connectivity index (χ1n) is 4.63. The maximum Gasteiger partial charge on any atom is 0.319 e. The second-order valence-electron chi connectivity index (χ2n) is 3.01. The minimum absolute atomic E-state index is 0.119. The topological polar surface area (TPSA) is 41.1 Å². The van der Waals surface area contributed by atoms with Gasteiger partial charge >= 0.3 is 6.03 Å². The molecule has 0 bridgehead atoms. The molecular weight excluding hydrogens is 219 g/mol. The molecule has 0 fully saturated rings. The molecule has 1 rings (SSSR count). The molecule has 0 heterocycles. The van der Waals surface area contributed by atoms with Crippen molar-refractivity contribution >= 4 is 23.3 Å². The molecule has 5 heteroatoms. The second kappa shape index (κ2) is 5.56. The number of anilines is 1. The fourth-order valence-electron chi connectivity index (χ4n) is 0.996. The molecule has 0 spiro atoms. The molecule has 0 aromatic heterocycles. The normalized spacial score (nSPS) is 9.80.